The van der Waals surface area contributed by atoms with Crippen LogP contribution in [0.3, 0.4) is 0 Å². The minimum Gasteiger partial charge on any atom is -0.378 e. The van der Waals surface area contributed by atoms with Gasteiger partial charge in [-0.15, -0.1) is 0 Å². The summed E-state index contributed by atoms with van der Waals surface area (Å²) >= 11 is 0. The molecule has 0 bridgehead atoms. The summed E-state index contributed by atoms with van der Waals surface area (Å²) in [6.45, 7) is 5.46. The number of benzene rings is 2. The molecule has 0 unspecified atom stereocenters. The van der Waals surface area contributed by atoms with Gasteiger partial charge in [0.25, 0.3) is 0 Å². The van der Waals surface area contributed by atoms with Crippen LogP contribution in [0.2, 0.25) is 0 Å². The molecule has 0 radical (unpaired) electrons. The summed E-state index contributed by atoms with van der Waals surface area (Å²) in [5.41, 5.74) is 4.26. The van der Waals surface area contributed by atoms with Crippen molar-refractivity contribution in [3.8, 4) is 0 Å². The Morgan fingerprint density at radius 1 is 1.13 bits per heavy atom. The molecule has 1 saturated heterocycles. The van der Waals surface area contributed by atoms with E-state index in [1.54, 1.807) is 0 Å². The number of rotatable bonds is 4. The predicted octanol–water partition coefficient (Wildman–Crippen LogP) is 3.01. The van der Waals surface area contributed by atoms with E-state index in [9.17, 15) is 4.79 Å². The topological polar surface area (TPSA) is 41.6 Å². The van der Waals surface area contributed by atoms with Crippen LogP contribution in [0.15, 0.2) is 48.5 Å². The van der Waals surface area contributed by atoms with Gasteiger partial charge in [0.15, 0.2) is 0 Å². The smallest absolute Gasteiger partial charge is 0.228 e. The zero-order chi connectivity index (χ0) is 16.1. The number of nitrogens with zero attached hydrogens (tertiary/aromatic N) is 1. The second-order valence-corrected chi connectivity index (χ2v) is 5.81. The van der Waals surface area contributed by atoms with E-state index in [0.29, 0.717) is 6.42 Å². The maximum atomic E-state index is 12.1. The van der Waals surface area contributed by atoms with Gasteiger partial charge in [-0.05, 0) is 36.2 Å². The van der Waals surface area contributed by atoms with Crippen molar-refractivity contribution in [3.63, 3.8) is 0 Å². The number of amides is 1. The summed E-state index contributed by atoms with van der Waals surface area (Å²) in [4.78, 5) is 14.5. The zero-order valence-corrected chi connectivity index (χ0v) is 13.4. The molecule has 0 spiro atoms. The van der Waals surface area contributed by atoms with E-state index in [1.807, 2.05) is 42.5 Å². The van der Waals surface area contributed by atoms with Gasteiger partial charge in [0, 0.05) is 24.5 Å². The molecule has 1 N–H and O–H groups in total. The molecule has 120 valence electrons. The Labute approximate surface area is 137 Å². The average Bonchev–Trinajstić information content (AvgIpc) is 2.56. The summed E-state index contributed by atoms with van der Waals surface area (Å²) in [5, 5.41) is 2.98. The number of nitrogens with one attached hydrogen (secondary N) is 1. The van der Waals surface area contributed by atoms with Crippen molar-refractivity contribution in [1.29, 1.82) is 0 Å². The normalized spacial score (nSPS) is 14.6. The van der Waals surface area contributed by atoms with E-state index >= 15 is 0 Å². The van der Waals surface area contributed by atoms with Gasteiger partial charge in [0.05, 0.1) is 19.6 Å². The Morgan fingerprint density at radius 2 is 1.87 bits per heavy atom. The number of aryl methyl sites for hydroxylation is 1. The number of hydrogen-bond donors (Lipinski definition) is 1. The standard InChI is InChI=1S/C19H22N2O2/c1-15-13-17(7-8-18(15)21-9-11-23-12-10-21)20-19(22)14-16-5-3-2-4-6-16/h2-8,13H,9-12,14H2,1H3,(H,20,22). The van der Waals surface area contributed by atoms with Crippen molar-refractivity contribution < 1.29 is 9.53 Å². The Morgan fingerprint density at radius 3 is 2.57 bits per heavy atom. The molecular formula is C19H22N2O2. The molecule has 4 heteroatoms. The SMILES string of the molecule is Cc1cc(NC(=O)Cc2ccccc2)ccc1N1CCOCC1. The molecule has 1 fully saturated rings. The lowest BCUT2D eigenvalue weighted by atomic mass is 10.1. The lowest BCUT2D eigenvalue weighted by Crippen LogP contribution is -2.36. The van der Waals surface area contributed by atoms with Gasteiger partial charge in [-0.1, -0.05) is 30.3 Å². The van der Waals surface area contributed by atoms with Crippen LogP contribution in [-0.4, -0.2) is 32.2 Å². The van der Waals surface area contributed by atoms with Gasteiger partial charge >= 0.3 is 0 Å². The van der Waals surface area contributed by atoms with Gasteiger partial charge in [-0.3, -0.25) is 4.79 Å². The molecule has 3 rings (SSSR count). The van der Waals surface area contributed by atoms with E-state index in [1.165, 1.54) is 11.3 Å². The quantitative estimate of drug-likeness (QED) is 0.944. The molecule has 2 aromatic rings. The summed E-state index contributed by atoms with van der Waals surface area (Å²) in [6.07, 6.45) is 0.394. The van der Waals surface area contributed by atoms with E-state index in [0.717, 1.165) is 37.6 Å². The van der Waals surface area contributed by atoms with Crippen molar-refractivity contribution in [2.75, 3.05) is 36.5 Å². The van der Waals surface area contributed by atoms with Crippen molar-refractivity contribution >= 4 is 17.3 Å². The van der Waals surface area contributed by atoms with Crippen LogP contribution in [-0.2, 0) is 16.0 Å². The molecule has 2 aromatic carbocycles. The fourth-order valence-corrected chi connectivity index (χ4v) is 2.88. The second kappa shape index (κ2) is 7.29. The summed E-state index contributed by atoms with van der Waals surface area (Å²) in [6, 6.07) is 15.9. The molecule has 0 aliphatic carbocycles. The minimum absolute atomic E-state index is 0.00900. The van der Waals surface area contributed by atoms with E-state index in [4.69, 9.17) is 4.74 Å². The van der Waals surface area contributed by atoms with Crippen LogP contribution in [0.1, 0.15) is 11.1 Å². The molecule has 1 aliphatic rings. The maximum absolute atomic E-state index is 12.1. The number of morpholine rings is 1. The highest BCUT2D eigenvalue weighted by atomic mass is 16.5. The first-order valence-electron chi connectivity index (χ1n) is 7.99. The maximum Gasteiger partial charge on any atom is 0.228 e. The summed E-state index contributed by atoms with van der Waals surface area (Å²) < 4.78 is 5.40. The summed E-state index contributed by atoms with van der Waals surface area (Å²) in [5.74, 6) is 0.00900. The van der Waals surface area contributed by atoms with Crippen LogP contribution in [0.5, 0.6) is 0 Å². The first kappa shape index (κ1) is 15.6. The number of carbonyl (C=O) groups excluding carboxylic acids is 1. The lowest BCUT2D eigenvalue weighted by Gasteiger charge is -2.30. The zero-order valence-electron chi connectivity index (χ0n) is 13.4. The highest BCUT2D eigenvalue weighted by Crippen LogP contribution is 2.24. The second-order valence-electron chi connectivity index (χ2n) is 5.81. The molecule has 1 aliphatic heterocycles. The van der Waals surface area contributed by atoms with Crippen molar-refractivity contribution in [1.82, 2.24) is 0 Å². The fourth-order valence-electron chi connectivity index (χ4n) is 2.88. The third-order valence-electron chi connectivity index (χ3n) is 4.04. The molecule has 1 amide bonds. The van der Waals surface area contributed by atoms with Crippen molar-refractivity contribution in [2.24, 2.45) is 0 Å². The first-order chi connectivity index (χ1) is 11.2. The van der Waals surface area contributed by atoms with E-state index < -0.39 is 0 Å². The highest BCUT2D eigenvalue weighted by molar-refractivity contribution is 5.92. The summed E-state index contributed by atoms with van der Waals surface area (Å²) in [7, 11) is 0. The van der Waals surface area contributed by atoms with E-state index in [-0.39, 0.29) is 5.91 Å². The largest absolute Gasteiger partial charge is 0.378 e. The fraction of sp³-hybridized carbons (Fsp3) is 0.316. The van der Waals surface area contributed by atoms with Crippen LogP contribution in [0, 0.1) is 6.92 Å². The van der Waals surface area contributed by atoms with Crippen LogP contribution >= 0.6 is 0 Å². The Balaban J connectivity index is 1.64. The van der Waals surface area contributed by atoms with Gasteiger partial charge in [0.2, 0.25) is 5.91 Å². The van der Waals surface area contributed by atoms with Gasteiger partial charge in [-0.25, -0.2) is 0 Å². The lowest BCUT2D eigenvalue weighted by molar-refractivity contribution is -0.115. The molecule has 4 nitrogen and oxygen atoms in total. The van der Waals surface area contributed by atoms with Gasteiger partial charge < -0.3 is 15.0 Å². The highest BCUT2D eigenvalue weighted by Gasteiger charge is 2.13. The molecule has 0 saturated carbocycles. The average molecular weight is 310 g/mol. The van der Waals surface area contributed by atoms with Gasteiger partial charge in [0.1, 0.15) is 0 Å². The first-order valence-corrected chi connectivity index (χ1v) is 7.99. The minimum atomic E-state index is 0.00900. The molecule has 0 atom stereocenters. The van der Waals surface area contributed by atoms with Gasteiger partial charge in [-0.2, -0.15) is 0 Å². The number of carbonyl (C=O) groups is 1. The Kier molecular flexibility index (Phi) is 4.93. The Bertz CT molecular complexity index is 664. The monoisotopic (exact) mass is 310 g/mol. The number of anilines is 2. The number of ether oxygens (including phenoxy) is 1. The predicted molar refractivity (Wildman–Crippen MR) is 93.0 cm³/mol. The van der Waals surface area contributed by atoms with E-state index in [2.05, 4.69) is 23.2 Å². The van der Waals surface area contributed by atoms with Crippen LogP contribution in [0.25, 0.3) is 0 Å². The molecule has 1 heterocycles. The third kappa shape index (κ3) is 4.11. The third-order valence-corrected chi connectivity index (χ3v) is 4.04. The van der Waals surface area contributed by atoms with Crippen molar-refractivity contribution in [3.05, 3.63) is 59.7 Å². The molecule has 23 heavy (non-hydrogen) atoms. The number of hydrogen-bond acceptors (Lipinski definition) is 3. The Hall–Kier alpha value is -2.33. The molecule has 0 aromatic heterocycles. The van der Waals surface area contributed by atoms with Crippen LogP contribution in [0.4, 0.5) is 11.4 Å². The van der Waals surface area contributed by atoms with Crippen LogP contribution < -0.4 is 10.2 Å². The molecular weight excluding hydrogens is 288 g/mol. The van der Waals surface area contributed by atoms with Crippen molar-refractivity contribution in [2.45, 2.75) is 13.3 Å².